The van der Waals surface area contributed by atoms with Crippen molar-refractivity contribution in [2.24, 2.45) is 0 Å². The second-order valence-corrected chi connectivity index (χ2v) is 7.79. The molecule has 0 N–H and O–H groups in total. The number of nitrogens with zero attached hydrogens (tertiary/aromatic N) is 3. The molecule has 31 heavy (non-hydrogen) atoms. The predicted octanol–water partition coefficient (Wildman–Crippen LogP) is 6.19. The van der Waals surface area contributed by atoms with E-state index < -0.39 is 0 Å². The summed E-state index contributed by atoms with van der Waals surface area (Å²) in [7, 11) is 0. The Morgan fingerprint density at radius 3 is 1.74 bits per heavy atom. The molecule has 0 saturated carbocycles. The average molecular weight is 458 g/mol. The van der Waals surface area contributed by atoms with Gasteiger partial charge in [0, 0.05) is 49.8 Å². The van der Waals surface area contributed by atoms with Gasteiger partial charge >= 0.3 is 0 Å². The Kier molecular flexibility index (Phi) is 10.2. The van der Waals surface area contributed by atoms with Crippen molar-refractivity contribution in [3.63, 3.8) is 0 Å². The van der Waals surface area contributed by atoms with Crippen molar-refractivity contribution < 1.29 is 0 Å². The highest BCUT2D eigenvalue weighted by molar-refractivity contribution is 5.85. The van der Waals surface area contributed by atoms with E-state index in [9.17, 15) is 0 Å². The van der Waals surface area contributed by atoms with Gasteiger partial charge < -0.3 is 9.80 Å². The lowest BCUT2D eigenvalue weighted by atomic mass is 10.1. The average Bonchev–Trinajstić information content (AvgIpc) is 2.79. The number of halogens is 2. The topological polar surface area (TPSA) is 9.72 Å². The summed E-state index contributed by atoms with van der Waals surface area (Å²) in [6.45, 7) is 8.92. The van der Waals surface area contributed by atoms with Crippen LogP contribution >= 0.6 is 24.8 Å². The summed E-state index contributed by atoms with van der Waals surface area (Å²) in [6.07, 6.45) is 1.16. The molecule has 1 fully saturated rings. The number of para-hydroxylation sites is 3. The number of aryl methyl sites for hydroxylation is 1. The molecule has 5 heteroatoms. The molecule has 3 aromatic carbocycles. The minimum absolute atomic E-state index is 0. The maximum absolute atomic E-state index is 2.61. The molecular formula is C26H33Cl2N3. The van der Waals surface area contributed by atoms with E-state index in [0.29, 0.717) is 0 Å². The Hall–Kier alpha value is -2.20. The number of hydrogen-bond donors (Lipinski definition) is 0. The van der Waals surface area contributed by atoms with E-state index >= 15 is 0 Å². The lowest BCUT2D eigenvalue weighted by Gasteiger charge is -2.37. The van der Waals surface area contributed by atoms with Crippen LogP contribution in [0, 0.1) is 6.92 Å². The van der Waals surface area contributed by atoms with E-state index in [1.165, 1.54) is 22.6 Å². The molecule has 0 aromatic heterocycles. The van der Waals surface area contributed by atoms with Crippen molar-refractivity contribution in [1.82, 2.24) is 4.90 Å². The smallest absolute Gasteiger partial charge is 0.0410 e. The monoisotopic (exact) mass is 457 g/mol. The second-order valence-electron chi connectivity index (χ2n) is 7.79. The molecule has 0 bridgehead atoms. The van der Waals surface area contributed by atoms with E-state index in [1.807, 2.05) is 0 Å². The Morgan fingerprint density at radius 1 is 0.677 bits per heavy atom. The molecule has 0 atom stereocenters. The van der Waals surface area contributed by atoms with Gasteiger partial charge in [-0.3, -0.25) is 4.90 Å². The lowest BCUT2D eigenvalue weighted by Crippen LogP contribution is -2.47. The van der Waals surface area contributed by atoms with Gasteiger partial charge in [-0.2, -0.15) is 0 Å². The van der Waals surface area contributed by atoms with Gasteiger partial charge in [-0.25, -0.2) is 0 Å². The molecule has 0 amide bonds. The lowest BCUT2D eigenvalue weighted by molar-refractivity contribution is 0.256. The number of piperazine rings is 1. The van der Waals surface area contributed by atoms with Crippen molar-refractivity contribution in [2.75, 3.05) is 49.1 Å². The number of anilines is 3. The van der Waals surface area contributed by atoms with E-state index in [0.717, 1.165) is 45.7 Å². The van der Waals surface area contributed by atoms with E-state index in [2.05, 4.69) is 107 Å². The summed E-state index contributed by atoms with van der Waals surface area (Å²) in [6, 6.07) is 30.2. The number of benzene rings is 3. The molecule has 0 unspecified atom stereocenters. The molecule has 4 rings (SSSR count). The molecule has 0 radical (unpaired) electrons. The van der Waals surface area contributed by atoms with Crippen molar-refractivity contribution in [3.05, 3.63) is 90.5 Å². The molecule has 0 spiro atoms. The predicted molar refractivity (Wildman–Crippen MR) is 139 cm³/mol. The van der Waals surface area contributed by atoms with Gasteiger partial charge in [0.2, 0.25) is 0 Å². The van der Waals surface area contributed by atoms with Gasteiger partial charge in [-0.1, -0.05) is 54.6 Å². The first-order valence-electron chi connectivity index (χ1n) is 10.7. The van der Waals surface area contributed by atoms with E-state index in [1.54, 1.807) is 0 Å². The third kappa shape index (κ3) is 6.64. The highest BCUT2D eigenvalue weighted by Crippen LogP contribution is 2.25. The zero-order valence-electron chi connectivity index (χ0n) is 18.2. The van der Waals surface area contributed by atoms with Crippen molar-refractivity contribution in [3.8, 4) is 0 Å². The Labute approximate surface area is 199 Å². The van der Waals surface area contributed by atoms with Gasteiger partial charge in [0.25, 0.3) is 0 Å². The summed E-state index contributed by atoms with van der Waals surface area (Å²) < 4.78 is 0. The summed E-state index contributed by atoms with van der Waals surface area (Å²) in [5.74, 6) is 0. The minimum atomic E-state index is 0. The molecule has 1 saturated heterocycles. The largest absolute Gasteiger partial charge is 0.369 e. The third-order valence-electron chi connectivity index (χ3n) is 5.82. The van der Waals surface area contributed by atoms with Gasteiger partial charge in [-0.05, 0) is 55.8 Å². The Balaban J connectivity index is 0.00000171. The zero-order chi connectivity index (χ0) is 19.9. The highest BCUT2D eigenvalue weighted by atomic mass is 35.5. The summed E-state index contributed by atoms with van der Waals surface area (Å²) >= 11 is 0. The molecule has 3 aromatic rings. The Bertz CT molecular complexity index is 842. The molecule has 1 heterocycles. The first-order chi connectivity index (χ1) is 14.3. The van der Waals surface area contributed by atoms with Crippen LogP contribution in [-0.2, 0) is 0 Å². The second kappa shape index (κ2) is 12.6. The summed E-state index contributed by atoms with van der Waals surface area (Å²) in [5.41, 5.74) is 5.31. The molecule has 0 aliphatic carbocycles. The van der Waals surface area contributed by atoms with Crippen molar-refractivity contribution in [2.45, 2.75) is 13.3 Å². The molecule has 1 aliphatic rings. The van der Waals surface area contributed by atoms with Gasteiger partial charge in [-0.15, -0.1) is 24.8 Å². The Morgan fingerprint density at radius 2 is 1.19 bits per heavy atom. The van der Waals surface area contributed by atoms with Crippen LogP contribution in [0.25, 0.3) is 0 Å². The standard InChI is InChI=1S/C26H31N3.2ClH/c1-23-11-8-9-16-26(23)28-21-19-27(20-22-28)17-10-18-29(24-12-4-2-5-13-24)25-14-6-3-7-15-25;;/h2-9,11-16H,10,17-22H2,1H3;2*1H. The fourth-order valence-electron chi connectivity index (χ4n) is 4.21. The first kappa shape index (κ1) is 25.1. The number of rotatable bonds is 7. The molecular weight excluding hydrogens is 425 g/mol. The van der Waals surface area contributed by atoms with Crippen LogP contribution in [-0.4, -0.2) is 44.2 Å². The van der Waals surface area contributed by atoms with Crippen LogP contribution in [0.5, 0.6) is 0 Å². The van der Waals surface area contributed by atoms with Gasteiger partial charge in [0.1, 0.15) is 0 Å². The minimum Gasteiger partial charge on any atom is -0.369 e. The molecule has 1 aliphatic heterocycles. The van der Waals surface area contributed by atoms with Crippen LogP contribution in [0.4, 0.5) is 17.1 Å². The summed E-state index contributed by atoms with van der Waals surface area (Å²) in [4.78, 5) is 7.58. The van der Waals surface area contributed by atoms with Crippen LogP contribution in [0.3, 0.4) is 0 Å². The molecule has 166 valence electrons. The highest BCUT2D eigenvalue weighted by Gasteiger charge is 2.18. The van der Waals surface area contributed by atoms with Crippen LogP contribution in [0.2, 0.25) is 0 Å². The zero-order valence-corrected chi connectivity index (χ0v) is 19.8. The fourth-order valence-corrected chi connectivity index (χ4v) is 4.21. The maximum atomic E-state index is 2.61. The van der Waals surface area contributed by atoms with Crippen LogP contribution in [0.1, 0.15) is 12.0 Å². The van der Waals surface area contributed by atoms with Gasteiger partial charge in [0.15, 0.2) is 0 Å². The van der Waals surface area contributed by atoms with Crippen molar-refractivity contribution >= 4 is 41.9 Å². The van der Waals surface area contributed by atoms with Crippen LogP contribution in [0.15, 0.2) is 84.9 Å². The normalized spacial score (nSPS) is 13.8. The summed E-state index contributed by atoms with van der Waals surface area (Å²) in [5, 5.41) is 0. The number of hydrogen-bond acceptors (Lipinski definition) is 3. The molecule has 3 nitrogen and oxygen atoms in total. The maximum Gasteiger partial charge on any atom is 0.0410 e. The first-order valence-corrected chi connectivity index (χ1v) is 10.7. The SMILES string of the molecule is Cc1ccccc1N1CCN(CCCN(c2ccccc2)c2ccccc2)CC1.Cl.Cl. The van der Waals surface area contributed by atoms with Crippen LogP contribution < -0.4 is 9.80 Å². The van der Waals surface area contributed by atoms with Gasteiger partial charge in [0.05, 0.1) is 0 Å². The quantitative estimate of drug-likeness (QED) is 0.418. The fraction of sp³-hybridized carbons (Fsp3) is 0.308. The third-order valence-corrected chi connectivity index (χ3v) is 5.82. The van der Waals surface area contributed by atoms with Crippen molar-refractivity contribution in [1.29, 1.82) is 0 Å². The van der Waals surface area contributed by atoms with E-state index in [-0.39, 0.29) is 24.8 Å². The van der Waals surface area contributed by atoms with E-state index in [4.69, 9.17) is 0 Å².